The standard InChI is InChI=1S/C37H68O6/c1-3-5-7-9-11-13-15-17-18-20-22-24-26-28-30-32-37(39)43-35(34-42-40)33-41-36(38)31-29-27-25-23-21-19-16-14-12-10-8-6-4-2/h11,13,17-18,35,40H,3-10,12,14-16,19-34H2,1-2H3/b13-11-,18-17-. The lowest BCUT2D eigenvalue weighted by Gasteiger charge is -2.16. The first-order valence-electron chi connectivity index (χ1n) is 18.0. The maximum atomic E-state index is 12.2. The van der Waals surface area contributed by atoms with Crippen LogP contribution in [0.25, 0.3) is 0 Å². The van der Waals surface area contributed by atoms with Crippen LogP contribution in [-0.2, 0) is 24.0 Å². The van der Waals surface area contributed by atoms with Crippen molar-refractivity contribution in [3.8, 4) is 0 Å². The average molecular weight is 609 g/mol. The summed E-state index contributed by atoms with van der Waals surface area (Å²) in [5.74, 6) is -0.643. The van der Waals surface area contributed by atoms with Crippen LogP contribution in [0.1, 0.15) is 181 Å². The molecular formula is C37H68O6. The molecule has 0 aliphatic carbocycles. The zero-order chi connectivity index (χ0) is 31.5. The van der Waals surface area contributed by atoms with Gasteiger partial charge in [-0.3, -0.25) is 14.8 Å². The maximum absolute atomic E-state index is 12.2. The summed E-state index contributed by atoms with van der Waals surface area (Å²) in [4.78, 5) is 28.5. The monoisotopic (exact) mass is 609 g/mol. The van der Waals surface area contributed by atoms with E-state index >= 15 is 0 Å². The third kappa shape index (κ3) is 33.1. The molecule has 0 spiro atoms. The lowest BCUT2D eigenvalue weighted by atomic mass is 10.0. The minimum atomic E-state index is -0.786. The fraction of sp³-hybridized carbons (Fsp3) is 0.838. The molecule has 0 aromatic rings. The Labute approximate surface area is 265 Å². The number of carbonyl (C=O) groups is 2. The maximum Gasteiger partial charge on any atom is 0.306 e. The number of ether oxygens (including phenoxy) is 2. The quantitative estimate of drug-likeness (QED) is 0.0262. The number of rotatable bonds is 33. The van der Waals surface area contributed by atoms with Crippen LogP contribution in [0.2, 0.25) is 0 Å². The van der Waals surface area contributed by atoms with Crippen LogP contribution in [0.15, 0.2) is 24.3 Å². The van der Waals surface area contributed by atoms with Gasteiger partial charge in [-0.25, -0.2) is 4.89 Å². The van der Waals surface area contributed by atoms with Crippen LogP contribution in [0.4, 0.5) is 0 Å². The topological polar surface area (TPSA) is 82.1 Å². The minimum Gasteiger partial charge on any atom is -0.462 e. The van der Waals surface area contributed by atoms with Crippen molar-refractivity contribution in [1.29, 1.82) is 0 Å². The van der Waals surface area contributed by atoms with Crippen molar-refractivity contribution in [2.24, 2.45) is 0 Å². The lowest BCUT2D eigenvalue weighted by molar-refractivity contribution is -0.261. The number of esters is 2. The lowest BCUT2D eigenvalue weighted by Crippen LogP contribution is -2.29. The van der Waals surface area contributed by atoms with E-state index in [1.54, 1.807) is 0 Å². The normalized spacial score (nSPS) is 12.3. The Morgan fingerprint density at radius 3 is 1.47 bits per heavy atom. The van der Waals surface area contributed by atoms with E-state index in [0.717, 1.165) is 57.8 Å². The Hall–Kier alpha value is -1.66. The van der Waals surface area contributed by atoms with Crippen molar-refractivity contribution < 1.29 is 29.2 Å². The largest absolute Gasteiger partial charge is 0.462 e. The molecule has 0 saturated heterocycles. The molecule has 252 valence electrons. The van der Waals surface area contributed by atoms with E-state index in [1.807, 2.05) is 0 Å². The fourth-order valence-corrected chi connectivity index (χ4v) is 5.07. The molecule has 0 aromatic heterocycles. The van der Waals surface area contributed by atoms with Crippen LogP contribution in [0.5, 0.6) is 0 Å². The molecule has 1 unspecified atom stereocenters. The molecule has 0 fully saturated rings. The molecule has 0 amide bonds. The Morgan fingerprint density at radius 1 is 0.535 bits per heavy atom. The van der Waals surface area contributed by atoms with Gasteiger partial charge in [-0.05, 0) is 44.9 Å². The second kappa shape index (κ2) is 34.8. The second-order valence-electron chi connectivity index (χ2n) is 12.1. The van der Waals surface area contributed by atoms with E-state index in [0.29, 0.717) is 12.8 Å². The first-order valence-corrected chi connectivity index (χ1v) is 18.0. The zero-order valence-electron chi connectivity index (χ0n) is 28.2. The van der Waals surface area contributed by atoms with Crippen LogP contribution < -0.4 is 0 Å². The molecule has 0 bridgehead atoms. The van der Waals surface area contributed by atoms with E-state index in [9.17, 15) is 9.59 Å². The van der Waals surface area contributed by atoms with Crippen molar-refractivity contribution in [2.75, 3.05) is 13.2 Å². The number of allylic oxidation sites excluding steroid dienone is 4. The number of hydrogen-bond donors (Lipinski definition) is 1. The highest BCUT2D eigenvalue weighted by atomic mass is 17.1. The van der Waals surface area contributed by atoms with E-state index in [1.165, 1.54) is 96.3 Å². The molecule has 6 heteroatoms. The van der Waals surface area contributed by atoms with Gasteiger partial charge in [0.05, 0.1) is 0 Å². The van der Waals surface area contributed by atoms with E-state index in [-0.39, 0.29) is 25.2 Å². The third-order valence-electron chi connectivity index (χ3n) is 7.80. The molecule has 0 aliphatic heterocycles. The number of hydrogen-bond acceptors (Lipinski definition) is 6. The van der Waals surface area contributed by atoms with Gasteiger partial charge in [0.15, 0.2) is 6.10 Å². The van der Waals surface area contributed by atoms with Crippen molar-refractivity contribution in [2.45, 2.75) is 187 Å². The zero-order valence-corrected chi connectivity index (χ0v) is 28.2. The molecular weight excluding hydrogens is 540 g/mol. The van der Waals surface area contributed by atoms with Gasteiger partial charge in [-0.2, -0.15) is 0 Å². The van der Waals surface area contributed by atoms with E-state index < -0.39 is 6.10 Å². The highest BCUT2D eigenvalue weighted by molar-refractivity contribution is 5.70. The molecule has 0 radical (unpaired) electrons. The van der Waals surface area contributed by atoms with Gasteiger partial charge in [0.1, 0.15) is 13.2 Å². The number of carbonyl (C=O) groups excluding carboxylic acids is 2. The third-order valence-corrected chi connectivity index (χ3v) is 7.80. The van der Waals surface area contributed by atoms with Crippen molar-refractivity contribution in [3.63, 3.8) is 0 Å². The summed E-state index contributed by atoms with van der Waals surface area (Å²) in [6, 6.07) is 0. The predicted molar refractivity (Wildman–Crippen MR) is 179 cm³/mol. The Morgan fingerprint density at radius 2 is 0.953 bits per heavy atom. The Balaban J connectivity index is 3.69. The molecule has 0 aromatic carbocycles. The average Bonchev–Trinajstić information content (AvgIpc) is 3.00. The van der Waals surface area contributed by atoms with Gasteiger partial charge >= 0.3 is 11.9 Å². The van der Waals surface area contributed by atoms with Gasteiger partial charge in [0.25, 0.3) is 0 Å². The van der Waals surface area contributed by atoms with Crippen molar-refractivity contribution in [3.05, 3.63) is 24.3 Å². The smallest absolute Gasteiger partial charge is 0.306 e. The molecule has 43 heavy (non-hydrogen) atoms. The number of unbranched alkanes of at least 4 members (excludes halogenated alkanes) is 20. The van der Waals surface area contributed by atoms with E-state index in [2.05, 4.69) is 43.0 Å². The van der Waals surface area contributed by atoms with Gasteiger partial charge < -0.3 is 9.47 Å². The summed E-state index contributed by atoms with van der Waals surface area (Å²) in [6.07, 6.45) is 37.7. The van der Waals surface area contributed by atoms with E-state index in [4.69, 9.17) is 14.7 Å². The second-order valence-corrected chi connectivity index (χ2v) is 12.1. The van der Waals surface area contributed by atoms with Gasteiger partial charge in [0, 0.05) is 12.8 Å². The highest BCUT2D eigenvalue weighted by Crippen LogP contribution is 2.14. The molecule has 1 N–H and O–H groups in total. The molecule has 0 saturated carbocycles. The molecule has 0 rings (SSSR count). The summed E-state index contributed by atoms with van der Waals surface area (Å²) >= 11 is 0. The summed E-state index contributed by atoms with van der Waals surface area (Å²) in [7, 11) is 0. The molecule has 1 atom stereocenters. The van der Waals surface area contributed by atoms with Crippen molar-refractivity contribution >= 4 is 11.9 Å². The van der Waals surface area contributed by atoms with Gasteiger partial charge in [-0.15, -0.1) is 0 Å². The first kappa shape index (κ1) is 41.3. The molecule has 6 nitrogen and oxygen atoms in total. The summed E-state index contributed by atoms with van der Waals surface area (Å²) in [6.45, 7) is 4.19. The summed E-state index contributed by atoms with van der Waals surface area (Å²) < 4.78 is 10.6. The van der Waals surface area contributed by atoms with Gasteiger partial charge in [0.2, 0.25) is 0 Å². The highest BCUT2D eigenvalue weighted by Gasteiger charge is 2.17. The molecule has 0 aliphatic rings. The van der Waals surface area contributed by atoms with Crippen LogP contribution in [0, 0.1) is 0 Å². The fourth-order valence-electron chi connectivity index (χ4n) is 5.07. The summed E-state index contributed by atoms with van der Waals surface area (Å²) in [5, 5.41) is 8.83. The van der Waals surface area contributed by atoms with Crippen LogP contribution in [-0.4, -0.2) is 36.5 Å². The Bertz CT molecular complexity index is 659. The van der Waals surface area contributed by atoms with Gasteiger partial charge in [-0.1, -0.05) is 147 Å². The van der Waals surface area contributed by atoms with Crippen LogP contribution in [0.3, 0.4) is 0 Å². The minimum absolute atomic E-state index is 0.0915. The Kier molecular flexibility index (Phi) is 33.5. The van der Waals surface area contributed by atoms with Crippen molar-refractivity contribution in [1.82, 2.24) is 0 Å². The predicted octanol–water partition coefficient (Wildman–Crippen LogP) is 11.2. The SMILES string of the molecule is CCCCC/C=C\C/C=C\CCCCCCCC(=O)OC(COO)COC(=O)CCCCCCCCCCCCCCC. The first-order chi connectivity index (χ1) is 21.1. The molecule has 0 heterocycles. The summed E-state index contributed by atoms with van der Waals surface area (Å²) in [5.41, 5.74) is 0. The van der Waals surface area contributed by atoms with Crippen LogP contribution >= 0.6 is 0 Å².